The molecule has 9 rings (SSSR count). The van der Waals surface area contributed by atoms with Crippen LogP contribution in [-0.4, -0.2) is 13.4 Å². The van der Waals surface area contributed by atoms with Crippen LogP contribution in [0, 0.1) is 6.92 Å². The molecule has 0 aromatic heterocycles. The summed E-state index contributed by atoms with van der Waals surface area (Å²) in [5.74, 6) is 0.891. The first-order valence-corrected chi connectivity index (χ1v) is 17.4. The van der Waals surface area contributed by atoms with Crippen molar-refractivity contribution in [3.05, 3.63) is 124 Å². The predicted molar refractivity (Wildman–Crippen MR) is 200 cm³/mol. The number of hydrogen-bond donors (Lipinski definition) is 0. The van der Waals surface area contributed by atoms with Gasteiger partial charge in [0.2, 0.25) is 13.4 Å². The Hall–Kier alpha value is -3.97. The minimum Gasteiger partial charge on any atom is -0.313 e. The number of aryl methyl sites for hydroxylation is 1. The van der Waals surface area contributed by atoms with E-state index in [-0.39, 0.29) is 24.3 Å². The zero-order chi connectivity index (χ0) is 32.0. The zero-order valence-electron chi connectivity index (χ0n) is 28.8. The van der Waals surface area contributed by atoms with Gasteiger partial charge in [-0.1, -0.05) is 145 Å². The number of rotatable bonds is 2. The van der Waals surface area contributed by atoms with Crippen LogP contribution in [-0.2, 0) is 10.8 Å². The van der Waals surface area contributed by atoms with Crippen LogP contribution in [0.4, 0.5) is 17.1 Å². The number of anilines is 3. The van der Waals surface area contributed by atoms with Gasteiger partial charge in [-0.05, 0) is 86.1 Å². The smallest absolute Gasteiger partial charge is 0.247 e. The average Bonchev–Trinajstić information content (AvgIpc) is 3.02. The summed E-state index contributed by atoms with van der Waals surface area (Å²) < 4.78 is 0. The standard InChI is InChI=1S/C43H43B2N/c1-24(2)27-18-20-35-39-37(27)42(6,7)29-14-10-12-16-31(29)44(39)33-22-26(5)23-34-41(33)46(35)36-21-19-28(25(3)4)38-40(36)45(34)32-17-13-11-15-30(32)43(38,8)9/h10-25H,1-9H3. The largest absolute Gasteiger partial charge is 0.313 e. The SMILES string of the molecule is Cc1cc2c3c(c1)B1c4ccccc4C(C)(C)c4c(C(C)C)ccc(c41)N3c1ccc(C(C)C)c3c1B2c1ccccc1C3(C)C. The van der Waals surface area contributed by atoms with Gasteiger partial charge in [-0.15, -0.1) is 0 Å². The summed E-state index contributed by atoms with van der Waals surface area (Å²) in [4.78, 5) is 2.71. The van der Waals surface area contributed by atoms with Crippen molar-refractivity contribution in [2.45, 2.75) is 85.0 Å². The molecule has 0 spiro atoms. The van der Waals surface area contributed by atoms with Crippen LogP contribution in [0.2, 0.25) is 0 Å². The normalized spacial score (nSPS) is 17.0. The third-order valence-electron chi connectivity index (χ3n) is 12.1. The Bertz CT molecular complexity index is 2000. The van der Waals surface area contributed by atoms with Gasteiger partial charge < -0.3 is 4.90 Å². The fourth-order valence-corrected chi connectivity index (χ4v) is 10.3. The van der Waals surface area contributed by atoms with Crippen molar-refractivity contribution < 1.29 is 0 Å². The molecule has 0 N–H and O–H groups in total. The molecule has 0 bridgehead atoms. The van der Waals surface area contributed by atoms with Crippen molar-refractivity contribution in [1.82, 2.24) is 0 Å². The van der Waals surface area contributed by atoms with Gasteiger partial charge in [0.25, 0.3) is 0 Å². The first kappa shape index (κ1) is 28.3. The molecule has 0 saturated heterocycles. The van der Waals surface area contributed by atoms with Crippen LogP contribution in [0.5, 0.6) is 0 Å². The number of nitrogens with zero attached hydrogens (tertiary/aromatic N) is 1. The van der Waals surface area contributed by atoms with Gasteiger partial charge in [-0.25, -0.2) is 0 Å². The molecule has 5 aromatic rings. The average molecular weight is 595 g/mol. The van der Waals surface area contributed by atoms with E-state index in [0.717, 1.165) is 0 Å². The van der Waals surface area contributed by atoms with Crippen molar-refractivity contribution >= 4 is 63.3 Å². The Morgan fingerprint density at radius 2 is 0.957 bits per heavy atom. The van der Waals surface area contributed by atoms with Gasteiger partial charge in [0.1, 0.15) is 0 Å². The van der Waals surface area contributed by atoms with E-state index in [4.69, 9.17) is 0 Å². The van der Waals surface area contributed by atoms with Crippen LogP contribution in [0.3, 0.4) is 0 Å². The lowest BCUT2D eigenvalue weighted by molar-refractivity contribution is 0.628. The minimum atomic E-state index is -0.0949. The highest BCUT2D eigenvalue weighted by molar-refractivity contribution is 7.03. The second kappa shape index (κ2) is 9.09. The van der Waals surface area contributed by atoms with Crippen molar-refractivity contribution in [1.29, 1.82) is 0 Å². The predicted octanol–water partition coefficient (Wildman–Crippen LogP) is 6.65. The number of hydrogen-bond acceptors (Lipinski definition) is 1. The van der Waals surface area contributed by atoms with E-state index in [1.807, 2.05) is 0 Å². The van der Waals surface area contributed by atoms with Crippen LogP contribution >= 0.6 is 0 Å². The molecular formula is C43H43B2N. The van der Waals surface area contributed by atoms with E-state index in [1.165, 1.54) is 88.8 Å². The van der Waals surface area contributed by atoms with Crippen LogP contribution in [0.1, 0.15) is 106 Å². The van der Waals surface area contributed by atoms with E-state index >= 15 is 0 Å². The molecule has 0 unspecified atom stereocenters. The molecule has 226 valence electrons. The molecular weight excluding hydrogens is 552 g/mol. The van der Waals surface area contributed by atoms with Crippen LogP contribution < -0.4 is 37.7 Å². The second-order valence-electron chi connectivity index (χ2n) is 16.2. The van der Waals surface area contributed by atoms with Crippen LogP contribution in [0.15, 0.2) is 84.9 Å². The molecule has 0 aliphatic carbocycles. The Morgan fingerprint density at radius 1 is 0.543 bits per heavy atom. The quantitative estimate of drug-likeness (QED) is 0.203. The third kappa shape index (κ3) is 3.30. The Labute approximate surface area is 276 Å². The number of benzene rings is 5. The molecule has 5 aromatic carbocycles. The Kier molecular flexibility index (Phi) is 5.59. The molecule has 0 saturated carbocycles. The molecule has 46 heavy (non-hydrogen) atoms. The summed E-state index contributed by atoms with van der Waals surface area (Å²) >= 11 is 0. The molecule has 3 heteroatoms. The van der Waals surface area contributed by atoms with Crippen LogP contribution in [0.25, 0.3) is 0 Å². The first-order valence-electron chi connectivity index (χ1n) is 17.4. The molecule has 0 atom stereocenters. The lowest BCUT2D eigenvalue weighted by Gasteiger charge is -2.51. The van der Waals surface area contributed by atoms with Crippen molar-refractivity contribution in [2.24, 2.45) is 0 Å². The van der Waals surface area contributed by atoms with Gasteiger partial charge in [0, 0.05) is 27.9 Å². The van der Waals surface area contributed by atoms with Crippen molar-refractivity contribution in [3.63, 3.8) is 0 Å². The molecule has 4 aliphatic heterocycles. The Balaban J connectivity index is 1.48. The summed E-state index contributed by atoms with van der Waals surface area (Å²) in [6.07, 6.45) is 0. The fraction of sp³-hybridized carbons (Fsp3) is 0.302. The molecule has 4 heterocycles. The van der Waals surface area contributed by atoms with Crippen molar-refractivity contribution in [3.8, 4) is 0 Å². The maximum Gasteiger partial charge on any atom is 0.247 e. The molecule has 1 nitrogen and oxygen atoms in total. The van der Waals surface area contributed by atoms with E-state index in [9.17, 15) is 0 Å². The highest BCUT2D eigenvalue weighted by Gasteiger charge is 2.53. The monoisotopic (exact) mass is 595 g/mol. The third-order valence-corrected chi connectivity index (χ3v) is 12.1. The molecule has 0 fully saturated rings. The maximum absolute atomic E-state index is 2.71. The maximum atomic E-state index is 2.71. The van der Waals surface area contributed by atoms with E-state index in [1.54, 1.807) is 0 Å². The lowest BCUT2D eigenvalue weighted by atomic mass is 9.26. The zero-order valence-corrected chi connectivity index (χ0v) is 28.8. The summed E-state index contributed by atoms with van der Waals surface area (Å²) in [5.41, 5.74) is 23.3. The highest BCUT2D eigenvalue weighted by atomic mass is 15.2. The van der Waals surface area contributed by atoms with E-state index in [2.05, 4.69) is 152 Å². The Morgan fingerprint density at radius 3 is 1.37 bits per heavy atom. The van der Waals surface area contributed by atoms with E-state index < -0.39 is 0 Å². The first-order chi connectivity index (χ1) is 21.9. The summed E-state index contributed by atoms with van der Waals surface area (Å²) in [7, 11) is 0. The van der Waals surface area contributed by atoms with Gasteiger partial charge in [0.05, 0.1) is 0 Å². The second-order valence-corrected chi connectivity index (χ2v) is 16.2. The topological polar surface area (TPSA) is 3.24 Å². The number of fused-ring (bicyclic) bond motifs is 8. The van der Waals surface area contributed by atoms with Gasteiger partial charge >= 0.3 is 0 Å². The molecule has 0 amide bonds. The highest BCUT2D eigenvalue weighted by Crippen LogP contribution is 2.48. The summed E-state index contributed by atoms with van der Waals surface area (Å²) in [5, 5.41) is 0. The van der Waals surface area contributed by atoms with E-state index in [0.29, 0.717) is 11.8 Å². The molecule has 4 aliphatic rings. The van der Waals surface area contributed by atoms with Gasteiger partial charge in [-0.2, -0.15) is 0 Å². The fourth-order valence-electron chi connectivity index (χ4n) is 10.3. The molecule has 0 radical (unpaired) electrons. The minimum absolute atomic E-state index is 0.0949. The van der Waals surface area contributed by atoms with Gasteiger partial charge in [0.15, 0.2) is 0 Å². The summed E-state index contributed by atoms with van der Waals surface area (Å²) in [6.45, 7) is 22.1. The lowest BCUT2D eigenvalue weighted by Crippen LogP contribution is -2.70. The van der Waals surface area contributed by atoms with Gasteiger partial charge in [-0.3, -0.25) is 0 Å². The summed E-state index contributed by atoms with van der Waals surface area (Å²) in [6, 6.07) is 33.6. The van der Waals surface area contributed by atoms with Crippen molar-refractivity contribution in [2.75, 3.05) is 4.90 Å².